The van der Waals surface area contributed by atoms with Crippen LogP contribution in [0.1, 0.15) is 29.9 Å². The van der Waals surface area contributed by atoms with E-state index in [-0.39, 0.29) is 11.9 Å². The van der Waals surface area contributed by atoms with Crippen molar-refractivity contribution in [2.45, 2.75) is 26.4 Å². The maximum Gasteiger partial charge on any atom is 0.268 e. The van der Waals surface area contributed by atoms with Crippen molar-refractivity contribution in [3.63, 3.8) is 0 Å². The number of aromatic nitrogens is 1. The maximum atomic E-state index is 11.6. The molecular weight excluding hydrogens is 178 g/mol. The number of carbonyl (C=O) groups excluding carboxylic acids is 1. The normalized spacial score (nSPS) is 10.6. The van der Waals surface area contributed by atoms with Crippen molar-refractivity contribution in [3.05, 3.63) is 23.5 Å². The van der Waals surface area contributed by atoms with Crippen LogP contribution in [-0.2, 0) is 13.6 Å². The third kappa shape index (κ3) is 2.35. The molecule has 1 amide bonds. The lowest BCUT2D eigenvalue weighted by Gasteiger charge is -2.08. The Morgan fingerprint density at radius 2 is 2.29 bits per heavy atom. The van der Waals surface area contributed by atoms with E-state index in [9.17, 15) is 4.79 Å². The van der Waals surface area contributed by atoms with Crippen molar-refractivity contribution in [2.75, 3.05) is 0 Å². The number of hydrogen-bond acceptors (Lipinski definition) is 2. The molecule has 0 fully saturated rings. The lowest BCUT2D eigenvalue weighted by Crippen LogP contribution is -2.31. The molecule has 1 heterocycles. The van der Waals surface area contributed by atoms with Crippen LogP contribution in [0.4, 0.5) is 0 Å². The summed E-state index contributed by atoms with van der Waals surface area (Å²) in [5, 5.41) is 2.84. The molecule has 4 heteroatoms. The van der Waals surface area contributed by atoms with Gasteiger partial charge in [-0.3, -0.25) is 4.79 Å². The Labute approximate surface area is 84.1 Å². The zero-order valence-corrected chi connectivity index (χ0v) is 8.87. The van der Waals surface area contributed by atoms with Gasteiger partial charge < -0.3 is 15.6 Å². The van der Waals surface area contributed by atoms with E-state index in [0.29, 0.717) is 12.2 Å². The molecule has 78 valence electrons. The average molecular weight is 195 g/mol. The molecule has 0 aromatic carbocycles. The van der Waals surface area contributed by atoms with E-state index < -0.39 is 0 Å². The highest BCUT2D eigenvalue weighted by Crippen LogP contribution is 2.06. The number of hydrogen-bond donors (Lipinski definition) is 2. The first-order chi connectivity index (χ1) is 6.54. The molecule has 0 atom stereocenters. The van der Waals surface area contributed by atoms with Gasteiger partial charge in [0.1, 0.15) is 5.69 Å². The van der Waals surface area contributed by atoms with Crippen LogP contribution in [0, 0.1) is 0 Å². The molecule has 4 nitrogen and oxygen atoms in total. The topological polar surface area (TPSA) is 60.1 Å². The third-order valence-electron chi connectivity index (χ3n) is 1.95. The highest BCUT2D eigenvalue weighted by molar-refractivity contribution is 5.93. The summed E-state index contributed by atoms with van der Waals surface area (Å²) in [5.74, 6) is -0.0535. The molecule has 1 rings (SSSR count). The molecule has 0 saturated carbocycles. The number of nitrogens with zero attached hydrogens (tertiary/aromatic N) is 1. The fourth-order valence-corrected chi connectivity index (χ4v) is 1.31. The molecule has 0 spiro atoms. The lowest BCUT2D eigenvalue weighted by molar-refractivity contribution is 0.0935. The summed E-state index contributed by atoms with van der Waals surface area (Å²) in [6.07, 6.45) is 1.87. The number of nitrogens with one attached hydrogen (secondary N) is 1. The van der Waals surface area contributed by atoms with E-state index in [1.165, 1.54) is 0 Å². The third-order valence-corrected chi connectivity index (χ3v) is 1.95. The van der Waals surface area contributed by atoms with Crippen LogP contribution in [0.15, 0.2) is 12.3 Å². The predicted octanol–water partition coefficient (Wildman–Crippen LogP) is 0.622. The molecule has 1 aromatic rings. The Balaban J connectivity index is 2.84. The summed E-state index contributed by atoms with van der Waals surface area (Å²) >= 11 is 0. The van der Waals surface area contributed by atoms with Gasteiger partial charge in [0.25, 0.3) is 5.91 Å². The van der Waals surface area contributed by atoms with Crippen LogP contribution in [0.2, 0.25) is 0 Å². The van der Waals surface area contributed by atoms with Crippen LogP contribution < -0.4 is 11.1 Å². The SMILES string of the molecule is CC(C)NC(=O)c1cc(CN)cn1C. The first-order valence-electron chi connectivity index (χ1n) is 4.70. The van der Waals surface area contributed by atoms with E-state index in [0.717, 1.165) is 5.56 Å². The predicted molar refractivity (Wildman–Crippen MR) is 55.9 cm³/mol. The summed E-state index contributed by atoms with van der Waals surface area (Å²) in [7, 11) is 1.84. The molecule has 0 unspecified atom stereocenters. The van der Waals surface area contributed by atoms with E-state index in [1.807, 2.05) is 33.2 Å². The van der Waals surface area contributed by atoms with Gasteiger partial charge >= 0.3 is 0 Å². The Kier molecular flexibility index (Phi) is 3.30. The molecular formula is C10H17N3O. The fourth-order valence-electron chi connectivity index (χ4n) is 1.31. The van der Waals surface area contributed by atoms with E-state index in [2.05, 4.69) is 5.32 Å². The molecule has 0 aliphatic heterocycles. The van der Waals surface area contributed by atoms with Gasteiger partial charge in [0, 0.05) is 25.8 Å². The highest BCUT2D eigenvalue weighted by atomic mass is 16.2. The highest BCUT2D eigenvalue weighted by Gasteiger charge is 2.11. The van der Waals surface area contributed by atoms with Crippen molar-refractivity contribution in [1.82, 2.24) is 9.88 Å². The zero-order chi connectivity index (χ0) is 10.7. The molecule has 0 radical (unpaired) electrons. The standard InChI is InChI=1S/C10H17N3O/c1-7(2)12-10(14)9-4-8(5-11)6-13(9)3/h4,6-7H,5,11H2,1-3H3,(H,12,14). The summed E-state index contributed by atoms with van der Waals surface area (Å²) in [6.45, 7) is 4.33. The van der Waals surface area contributed by atoms with Crippen molar-refractivity contribution < 1.29 is 4.79 Å². The number of carbonyl (C=O) groups is 1. The average Bonchev–Trinajstić information content (AvgIpc) is 2.45. The molecule has 3 N–H and O–H groups in total. The van der Waals surface area contributed by atoms with E-state index in [1.54, 1.807) is 4.57 Å². The van der Waals surface area contributed by atoms with Crippen molar-refractivity contribution in [1.29, 1.82) is 0 Å². The van der Waals surface area contributed by atoms with Gasteiger partial charge in [0.05, 0.1) is 0 Å². The van der Waals surface area contributed by atoms with Gasteiger partial charge in [0.2, 0.25) is 0 Å². The first-order valence-corrected chi connectivity index (χ1v) is 4.70. The molecule has 1 aromatic heterocycles. The monoisotopic (exact) mass is 195 g/mol. The van der Waals surface area contributed by atoms with Crippen LogP contribution in [0.25, 0.3) is 0 Å². The molecule has 0 bridgehead atoms. The Hall–Kier alpha value is -1.29. The number of amides is 1. The van der Waals surface area contributed by atoms with Crippen molar-refractivity contribution >= 4 is 5.91 Å². The van der Waals surface area contributed by atoms with E-state index in [4.69, 9.17) is 5.73 Å². The van der Waals surface area contributed by atoms with Gasteiger partial charge in [-0.15, -0.1) is 0 Å². The molecule has 0 aliphatic carbocycles. The van der Waals surface area contributed by atoms with Crippen LogP contribution in [-0.4, -0.2) is 16.5 Å². The zero-order valence-electron chi connectivity index (χ0n) is 8.87. The second kappa shape index (κ2) is 4.28. The smallest absolute Gasteiger partial charge is 0.268 e. The largest absolute Gasteiger partial charge is 0.349 e. The molecule has 0 saturated heterocycles. The fraction of sp³-hybridized carbons (Fsp3) is 0.500. The number of rotatable bonds is 3. The van der Waals surface area contributed by atoms with Crippen molar-refractivity contribution in [3.8, 4) is 0 Å². The minimum atomic E-state index is -0.0535. The maximum absolute atomic E-state index is 11.6. The molecule has 14 heavy (non-hydrogen) atoms. The van der Waals surface area contributed by atoms with Gasteiger partial charge in [-0.25, -0.2) is 0 Å². The lowest BCUT2D eigenvalue weighted by atomic mass is 10.3. The van der Waals surface area contributed by atoms with Crippen LogP contribution >= 0.6 is 0 Å². The second-order valence-corrected chi connectivity index (χ2v) is 3.68. The number of nitrogens with two attached hydrogens (primary N) is 1. The summed E-state index contributed by atoms with van der Waals surface area (Å²) in [6, 6.07) is 1.97. The van der Waals surface area contributed by atoms with E-state index >= 15 is 0 Å². The van der Waals surface area contributed by atoms with Gasteiger partial charge in [-0.05, 0) is 25.5 Å². The van der Waals surface area contributed by atoms with Crippen LogP contribution in [0.3, 0.4) is 0 Å². The number of aryl methyl sites for hydroxylation is 1. The quantitative estimate of drug-likeness (QED) is 0.743. The summed E-state index contributed by atoms with van der Waals surface area (Å²) < 4.78 is 1.79. The Morgan fingerprint density at radius 1 is 1.64 bits per heavy atom. The first kappa shape index (κ1) is 10.8. The van der Waals surface area contributed by atoms with Gasteiger partial charge in [-0.1, -0.05) is 0 Å². The summed E-state index contributed by atoms with van der Waals surface area (Å²) in [5.41, 5.74) is 7.11. The minimum Gasteiger partial charge on any atom is -0.349 e. The van der Waals surface area contributed by atoms with Gasteiger partial charge in [-0.2, -0.15) is 0 Å². The Morgan fingerprint density at radius 3 is 2.71 bits per heavy atom. The Bertz CT molecular complexity index is 328. The minimum absolute atomic E-state index is 0.0535. The molecule has 0 aliphatic rings. The van der Waals surface area contributed by atoms with Gasteiger partial charge in [0.15, 0.2) is 0 Å². The van der Waals surface area contributed by atoms with Crippen molar-refractivity contribution in [2.24, 2.45) is 12.8 Å². The second-order valence-electron chi connectivity index (χ2n) is 3.68. The van der Waals surface area contributed by atoms with Crippen LogP contribution in [0.5, 0.6) is 0 Å². The summed E-state index contributed by atoms with van der Waals surface area (Å²) in [4.78, 5) is 11.6.